The second-order valence-corrected chi connectivity index (χ2v) is 4.48. The Labute approximate surface area is 108 Å². The molecule has 1 aromatic heterocycles. The number of nitrogens with zero attached hydrogens (tertiary/aromatic N) is 2. The van der Waals surface area contributed by atoms with Crippen molar-refractivity contribution in [2.45, 2.75) is 19.6 Å². The van der Waals surface area contributed by atoms with Crippen molar-refractivity contribution in [3.05, 3.63) is 59.9 Å². The lowest BCUT2D eigenvalue weighted by Crippen LogP contribution is -2.16. The number of aromatic nitrogens is 1. The fourth-order valence-corrected chi connectivity index (χ4v) is 1.86. The van der Waals surface area contributed by atoms with E-state index in [4.69, 9.17) is 0 Å². The van der Waals surface area contributed by atoms with Gasteiger partial charge in [0.2, 0.25) is 0 Å². The normalized spacial score (nSPS) is 12.2. The minimum atomic E-state index is -0.414. The molecule has 2 aromatic rings. The fourth-order valence-electron chi connectivity index (χ4n) is 1.86. The van der Waals surface area contributed by atoms with E-state index < -0.39 is 6.10 Å². The summed E-state index contributed by atoms with van der Waals surface area (Å²) >= 11 is 0. The molecule has 1 N–H and O–H groups in total. The van der Waals surface area contributed by atoms with Crippen molar-refractivity contribution < 1.29 is 5.11 Å². The molecule has 0 saturated heterocycles. The van der Waals surface area contributed by atoms with Gasteiger partial charge in [0.15, 0.2) is 0 Å². The summed E-state index contributed by atoms with van der Waals surface area (Å²) in [5, 5.41) is 9.47. The number of pyridine rings is 1. The highest BCUT2D eigenvalue weighted by molar-refractivity contribution is 5.47. The molecule has 0 aliphatic carbocycles. The first-order valence-corrected chi connectivity index (χ1v) is 6.05. The average Bonchev–Trinajstić information content (AvgIpc) is 2.40. The monoisotopic (exact) mass is 242 g/mol. The average molecular weight is 242 g/mol. The van der Waals surface area contributed by atoms with E-state index in [2.05, 4.69) is 16.0 Å². The van der Waals surface area contributed by atoms with E-state index in [1.54, 1.807) is 13.1 Å². The van der Waals surface area contributed by atoms with Crippen molar-refractivity contribution in [2.24, 2.45) is 0 Å². The highest BCUT2D eigenvalue weighted by Gasteiger charge is 2.04. The number of anilines is 1. The molecule has 1 aromatic carbocycles. The molecule has 3 nitrogen and oxygen atoms in total. The van der Waals surface area contributed by atoms with Crippen LogP contribution in [-0.4, -0.2) is 17.1 Å². The van der Waals surface area contributed by atoms with E-state index >= 15 is 0 Å². The lowest BCUT2D eigenvalue weighted by atomic mass is 10.1. The zero-order valence-electron chi connectivity index (χ0n) is 10.7. The maximum absolute atomic E-state index is 9.47. The van der Waals surface area contributed by atoms with Gasteiger partial charge in [-0.15, -0.1) is 0 Å². The largest absolute Gasteiger partial charge is 0.389 e. The first-order valence-electron chi connectivity index (χ1n) is 6.05. The molecule has 18 heavy (non-hydrogen) atoms. The molecule has 0 spiro atoms. The summed E-state index contributed by atoms with van der Waals surface area (Å²) < 4.78 is 0. The second kappa shape index (κ2) is 5.65. The summed E-state index contributed by atoms with van der Waals surface area (Å²) in [6.45, 7) is 2.59. The van der Waals surface area contributed by atoms with Gasteiger partial charge in [-0.1, -0.05) is 18.2 Å². The number of hydrogen-bond donors (Lipinski definition) is 1. The van der Waals surface area contributed by atoms with Crippen LogP contribution in [0.1, 0.15) is 24.2 Å². The van der Waals surface area contributed by atoms with Crippen molar-refractivity contribution in [1.29, 1.82) is 0 Å². The van der Waals surface area contributed by atoms with Crippen molar-refractivity contribution in [2.75, 3.05) is 11.9 Å². The van der Waals surface area contributed by atoms with Crippen molar-refractivity contribution in [3.8, 4) is 0 Å². The van der Waals surface area contributed by atoms with Gasteiger partial charge in [0, 0.05) is 31.7 Å². The van der Waals surface area contributed by atoms with Crippen LogP contribution in [0.25, 0.3) is 0 Å². The third-order valence-corrected chi connectivity index (χ3v) is 2.96. The van der Waals surface area contributed by atoms with Crippen LogP contribution >= 0.6 is 0 Å². The van der Waals surface area contributed by atoms with Crippen molar-refractivity contribution in [1.82, 2.24) is 4.98 Å². The van der Waals surface area contributed by atoms with Crippen LogP contribution < -0.4 is 4.90 Å². The summed E-state index contributed by atoms with van der Waals surface area (Å²) in [6.07, 6.45) is 3.24. The third kappa shape index (κ3) is 3.08. The fraction of sp³-hybridized carbons (Fsp3) is 0.267. The Morgan fingerprint density at radius 3 is 2.50 bits per heavy atom. The first kappa shape index (κ1) is 12.6. The molecule has 3 heteroatoms. The zero-order chi connectivity index (χ0) is 13.0. The number of rotatable bonds is 4. The summed E-state index contributed by atoms with van der Waals surface area (Å²) in [7, 11) is 2.05. The predicted octanol–water partition coefficient (Wildman–Crippen LogP) is 2.77. The Hall–Kier alpha value is -1.87. The Morgan fingerprint density at radius 1 is 1.22 bits per heavy atom. The van der Waals surface area contributed by atoms with E-state index in [9.17, 15) is 5.11 Å². The zero-order valence-corrected chi connectivity index (χ0v) is 10.7. The van der Waals surface area contributed by atoms with Crippen LogP contribution in [0.5, 0.6) is 0 Å². The molecule has 0 aliphatic rings. The molecule has 0 fully saturated rings. The summed E-state index contributed by atoms with van der Waals surface area (Å²) in [5.74, 6) is 0. The van der Waals surface area contributed by atoms with Crippen molar-refractivity contribution in [3.63, 3.8) is 0 Å². The van der Waals surface area contributed by atoms with Gasteiger partial charge in [0.25, 0.3) is 0 Å². The molecular formula is C15H18N2O. The van der Waals surface area contributed by atoms with Crippen LogP contribution in [0.3, 0.4) is 0 Å². The number of aliphatic hydroxyl groups excluding tert-OH is 1. The Kier molecular flexibility index (Phi) is 3.95. The molecule has 0 amide bonds. The molecule has 2 rings (SSSR count). The summed E-state index contributed by atoms with van der Waals surface area (Å²) in [4.78, 5) is 6.26. The van der Waals surface area contributed by atoms with Gasteiger partial charge in [0.1, 0.15) is 0 Å². The highest BCUT2D eigenvalue weighted by Crippen LogP contribution is 2.19. The molecule has 1 atom stereocenters. The highest BCUT2D eigenvalue weighted by atomic mass is 16.3. The number of aliphatic hydroxyl groups is 1. The van der Waals surface area contributed by atoms with E-state index in [0.29, 0.717) is 0 Å². The SMILES string of the molecule is C[C@H](O)c1ccc(N(C)Cc2cccnc2)cc1. The molecule has 1 heterocycles. The Bertz CT molecular complexity index is 480. The van der Waals surface area contributed by atoms with Crippen molar-refractivity contribution >= 4 is 5.69 Å². The van der Waals surface area contributed by atoms with Gasteiger partial charge in [-0.25, -0.2) is 0 Å². The van der Waals surface area contributed by atoms with Gasteiger partial charge in [0.05, 0.1) is 6.10 Å². The smallest absolute Gasteiger partial charge is 0.0761 e. The molecule has 0 radical (unpaired) electrons. The number of hydrogen-bond acceptors (Lipinski definition) is 3. The maximum Gasteiger partial charge on any atom is 0.0761 e. The van der Waals surface area contributed by atoms with E-state index in [-0.39, 0.29) is 0 Å². The lowest BCUT2D eigenvalue weighted by Gasteiger charge is -2.19. The Balaban J connectivity index is 2.07. The minimum absolute atomic E-state index is 0.414. The Morgan fingerprint density at radius 2 is 1.94 bits per heavy atom. The van der Waals surface area contributed by atoms with Gasteiger partial charge < -0.3 is 10.0 Å². The third-order valence-electron chi connectivity index (χ3n) is 2.96. The molecule has 0 bridgehead atoms. The lowest BCUT2D eigenvalue weighted by molar-refractivity contribution is 0.199. The predicted molar refractivity (Wildman–Crippen MR) is 73.4 cm³/mol. The quantitative estimate of drug-likeness (QED) is 0.895. The van der Waals surface area contributed by atoms with Crippen LogP contribution in [0.4, 0.5) is 5.69 Å². The molecule has 0 unspecified atom stereocenters. The topological polar surface area (TPSA) is 36.4 Å². The van der Waals surface area contributed by atoms with Crippen LogP contribution in [0.15, 0.2) is 48.8 Å². The first-order chi connectivity index (χ1) is 8.66. The maximum atomic E-state index is 9.47. The second-order valence-electron chi connectivity index (χ2n) is 4.48. The molecule has 0 aliphatic heterocycles. The standard InChI is InChI=1S/C15H18N2O/c1-12(18)14-5-7-15(8-6-14)17(2)11-13-4-3-9-16-10-13/h3-10,12,18H,11H2,1-2H3/t12-/m0/s1. The van der Waals surface area contributed by atoms with Crippen LogP contribution in [0, 0.1) is 0 Å². The molecular weight excluding hydrogens is 224 g/mol. The van der Waals surface area contributed by atoms with E-state index in [0.717, 1.165) is 17.8 Å². The summed E-state index contributed by atoms with van der Waals surface area (Å²) in [5.41, 5.74) is 3.25. The van der Waals surface area contributed by atoms with E-state index in [1.807, 2.05) is 43.6 Å². The van der Waals surface area contributed by atoms with Crippen LogP contribution in [-0.2, 0) is 6.54 Å². The van der Waals surface area contributed by atoms with E-state index in [1.165, 1.54) is 5.56 Å². The molecule has 0 saturated carbocycles. The molecule has 94 valence electrons. The minimum Gasteiger partial charge on any atom is -0.389 e. The van der Waals surface area contributed by atoms with Gasteiger partial charge in [-0.3, -0.25) is 4.98 Å². The van der Waals surface area contributed by atoms with Crippen LogP contribution in [0.2, 0.25) is 0 Å². The van der Waals surface area contributed by atoms with Gasteiger partial charge in [-0.2, -0.15) is 0 Å². The van der Waals surface area contributed by atoms with Gasteiger partial charge in [-0.05, 0) is 36.2 Å². The van der Waals surface area contributed by atoms with Gasteiger partial charge >= 0.3 is 0 Å². The summed E-state index contributed by atoms with van der Waals surface area (Å²) in [6, 6.07) is 12.0. The number of benzene rings is 1.